The van der Waals surface area contributed by atoms with Crippen LogP contribution in [0.1, 0.15) is 33.1 Å². The van der Waals surface area contributed by atoms with Crippen LogP contribution in [-0.2, 0) is 14.6 Å². The highest BCUT2D eigenvalue weighted by atomic mass is 32.2. The van der Waals surface area contributed by atoms with Gasteiger partial charge in [0.15, 0.2) is 9.84 Å². The van der Waals surface area contributed by atoms with Crippen LogP contribution in [-0.4, -0.2) is 56.4 Å². The molecule has 0 bridgehead atoms. The molecule has 0 aromatic heterocycles. The van der Waals surface area contributed by atoms with E-state index in [1.54, 1.807) is 0 Å². The normalized spacial score (nSPS) is 26.4. The van der Waals surface area contributed by atoms with E-state index >= 15 is 0 Å². The summed E-state index contributed by atoms with van der Waals surface area (Å²) >= 11 is 0. The van der Waals surface area contributed by atoms with Gasteiger partial charge < -0.3 is 15.2 Å². The van der Waals surface area contributed by atoms with Crippen molar-refractivity contribution in [2.24, 2.45) is 0 Å². The zero-order valence-corrected chi connectivity index (χ0v) is 12.1. The number of sulfone groups is 1. The quantitative estimate of drug-likeness (QED) is 0.669. The summed E-state index contributed by atoms with van der Waals surface area (Å²) in [5.41, 5.74) is 0. The van der Waals surface area contributed by atoms with Crippen molar-refractivity contribution in [1.82, 2.24) is 5.32 Å². The summed E-state index contributed by atoms with van der Waals surface area (Å²) in [6, 6.07) is -0.159. The van der Waals surface area contributed by atoms with Crippen molar-refractivity contribution >= 4 is 9.84 Å². The maximum atomic E-state index is 12.3. The largest absolute Gasteiger partial charge is 0.396 e. The first-order valence-corrected chi connectivity index (χ1v) is 8.40. The molecule has 1 heterocycles. The predicted molar refractivity (Wildman–Crippen MR) is 71.4 cm³/mol. The lowest BCUT2D eigenvalue weighted by Crippen LogP contribution is -2.41. The van der Waals surface area contributed by atoms with Gasteiger partial charge in [-0.3, -0.25) is 0 Å². The molecular weight excluding hydrogens is 254 g/mol. The Bertz CT molecular complexity index is 331. The fourth-order valence-corrected chi connectivity index (χ4v) is 4.55. The van der Waals surface area contributed by atoms with Crippen molar-refractivity contribution in [3.8, 4) is 0 Å². The van der Waals surface area contributed by atoms with Gasteiger partial charge in [0.2, 0.25) is 0 Å². The van der Waals surface area contributed by atoms with Crippen molar-refractivity contribution in [1.29, 1.82) is 0 Å². The van der Waals surface area contributed by atoms with Gasteiger partial charge in [-0.2, -0.15) is 0 Å². The third-order valence-corrected chi connectivity index (χ3v) is 5.77. The molecule has 3 unspecified atom stereocenters. The predicted octanol–water partition coefficient (Wildman–Crippen LogP) is 0.329. The first-order valence-electron chi connectivity index (χ1n) is 6.68. The van der Waals surface area contributed by atoms with Crippen LogP contribution in [0.15, 0.2) is 0 Å². The molecule has 1 aliphatic rings. The van der Waals surface area contributed by atoms with Crippen LogP contribution in [0, 0.1) is 0 Å². The lowest BCUT2D eigenvalue weighted by atomic mass is 10.2. The van der Waals surface area contributed by atoms with Gasteiger partial charge >= 0.3 is 0 Å². The van der Waals surface area contributed by atoms with Gasteiger partial charge in [-0.05, 0) is 32.7 Å². The highest BCUT2D eigenvalue weighted by Gasteiger charge is 2.36. The Kier molecular flexibility index (Phi) is 6.55. The molecule has 0 aliphatic carbocycles. The van der Waals surface area contributed by atoms with Gasteiger partial charge in [-0.1, -0.05) is 6.92 Å². The molecule has 0 saturated carbocycles. The van der Waals surface area contributed by atoms with E-state index in [0.717, 1.165) is 13.0 Å². The lowest BCUT2D eigenvalue weighted by molar-refractivity contribution is 0.126. The number of aliphatic hydroxyl groups excluding tert-OH is 1. The lowest BCUT2D eigenvalue weighted by Gasteiger charge is -2.21. The summed E-state index contributed by atoms with van der Waals surface area (Å²) in [5, 5.41) is 11.8. The molecule has 0 spiro atoms. The number of hydrogen-bond donors (Lipinski definition) is 2. The summed E-state index contributed by atoms with van der Waals surface area (Å²) in [5.74, 6) is 0.0892. The summed E-state index contributed by atoms with van der Waals surface area (Å²) < 4.78 is 29.9. The monoisotopic (exact) mass is 279 g/mol. The number of nitrogens with one attached hydrogen (secondary N) is 1. The van der Waals surface area contributed by atoms with E-state index in [4.69, 9.17) is 9.84 Å². The zero-order valence-electron chi connectivity index (χ0n) is 11.3. The van der Waals surface area contributed by atoms with Crippen molar-refractivity contribution < 1.29 is 18.3 Å². The Labute approximate surface area is 110 Å². The molecule has 5 nitrogen and oxygen atoms in total. The molecule has 1 saturated heterocycles. The molecule has 0 aromatic rings. The molecular formula is C12H25NO4S. The molecule has 18 heavy (non-hydrogen) atoms. The standard InChI is InChI=1S/C12H25NO4S/c1-3-6-13-11(4-7-14)9-18(15,16)12-5-8-17-10(12)2/h10-14H,3-9H2,1-2H3. The van der Waals surface area contributed by atoms with Crippen LogP contribution in [0.4, 0.5) is 0 Å². The van der Waals surface area contributed by atoms with Crippen LogP contribution < -0.4 is 5.32 Å². The highest BCUT2D eigenvalue weighted by Crippen LogP contribution is 2.22. The number of ether oxygens (including phenoxy) is 1. The molecule has 3 atom stereocenters. The topological polar surface area (TPSA) is 75.6 Å². The van der Waals surface area contributed by atoms with Crippen LogP contribution in [0.2, 0.25) is 0 Å². The zero-order chi connectivity index (χ0) is 13.6. The second-order valence-electron chi connectivity index (χ2n) is 4.90. The van der Waals surface area contributed by atoms with Gasteiger partial charge in [0, 0.05) is 19.3 Å². The Hall–Kier alpha value is -0.170. The van der Waals surface area contributed by atoms with Gasteiger partial charge in [-0.25, -0.2) is 8.42 Å². The van der Waals surface area contributed by atoms with Crippen LogP contribution in [0.3, 0.4) is 0 Å². The minimum Gasteiger partial charge on any atom is -0.396 e. The molecule has 1 rings (SSSR count). The van der Waals surface area contributed by atoms with E-state index in [9.17, 15) is 8.42 Å². The molecule has 1 fully saturated rings. The molecule has 0 aromatic carbocycles. The van der Waals surface area contributed by atoms with E-state index in [1.165, 1.54) is 0 Å². The molecule has 0 amide bonds. The van der Waals surface area contributed by atoms with Crippen molar-refractivity contribution in [2.75, 3.05) is 25.5 Å². The molecule has 6 heteroatoms. The Morgan fingerprint density at radius 1 is 1.50 bits per heavy atom. The fraction of sp³-hybridized carbons (Fsp3) is 1.00. The van der Waals surface area contributed by atoms with Crippen LogP contribution in [0.25, 0.3) is 0 Å². The maximum absolute atomic E-state index is 12.3. The molecule has 108 valence electrons. The van der Waals surface area contributed by atoms with E-state index < -0.39 is 9.84 Å². The Morgan fingerprint density at radius 3 is 2.72 bits per heavy atom. The summed E-state index contributed by atoms with van der Waals surface area (Å²) in [4.78, 5) is 0. The smallest absolute Gasteiger partial charge is 0.157 e. The van der Waals surface area contributed by atoms with Gasteiger partial charge in [-0.15, -0.1) is 0 Å². The van der Waals surface area contributed by atoms with Crippen LogP contribution in [0.5, 0.6) is 0 Å². The van der Waals surface area contributed by atoms with E-state index in [-0.39, 0.29) is 29.8 Å². The van der Waals surface area contributed by atoms with Gasteiger partial charge in [0.1, 0.15) is 0 Å². The number of aliphatic hydroxyl groups is 1. The third-order valence-electron chi connectivity index (χ3n) is 3.36. The van der Waals surface area contributed by atoms with Crippen molar-refractivity contribution in [3.05, 3.63) is 0 Å². The minimum atomic E-state index is -3.16. The first kappa shape index (κ1) is 15.9. The molecule has 1 aliphatic heterocycles. The average Bonchev–Trinajstić information content (AvgIpc) is 2.73. The van der Waals surface area contributed by atoms with E-state index in [1.807, 2.05) is 13.8 Å². The second-order valence-corrected chi connectivity index (χ2v) is 7.16. The summed E-state index contributed by atoms with van der Waals surface area (Å²) in [7, 11) is -3.16. The van der Waals surface area contributed by atoms with E-state index in [2.05, 4.69) is 5.32 Å². The molecule has 0 radical (unpaired) electrons. The minimum absolute atomic E-state index is 0.00756. The number of rotatable bonds is 8. The van der Waals surface area contributed by atoms with Crippen LogP contribution >= 0.6 is 0 Å². The SMILES string of the molecule is CCCNC(CCO)CS(=O)(=O)C1CCOC1C. The highest BCUT2D eigenvalue weighted by molar-refractivity contribution is 7.92. The van der Waals surface area contributed by atoms with Crippen molar-refractivity contribution in [2.45, 2.75) is 50.5 Å². The summed E-state index contributed by atoms with van der Waals surface area (Å²) in [6.07, 6.45) is 1.80. The molecule has 2 N–H and O–H groups in total. The van der Waals surface area contributed by atoms with E-state index in [0.29, 0.717) is 19.4 Å². The third kappa shape index (κ3) is 4.50. The first-order chi connectivity index (χ1) is 8.51. The van der Waals surface area contributed by atoms with Gasteiger partial charge in [0.05, 0.1) is 17.1 Å². The fourth-order valence-electron chi connectivity index (χ4n) is 2.34. The van der Waals surface area contributed by atoms with Crippen molar-refractivity contribution in [3.63, 3.8) is 0 Å². The Morgan fingerprint density at radius 2 is 2.22 bits per heavy atom. The Balaban J connectivity index is 2.60. The maximum Gasteiger partial charge on any atom is 0.157 e. The van der Waals surface area contributed by atoms with Gasteiger partial charge in [0.25, 0.3) is 0 Å². The summed E-state index contributed by atoms with van der Waals surface area (Å²) in [6.45, 7) is 5.16. The second kappa shape index (κ2) is 7.43. The average molecular weight is 279 g/mol. The number of hydrogen-bond acceptors (Lipinski definition) is 5.